The van der Waals surface area contributed by atoms with Gasteiger partial charge in [-0.15, -0.1) is 0 Å². The maximum absolute atomic E-state index is 12.8. The molecule has 1 saturated heterocycles. The van der Waals surface area contributed by atoms with Gasteiger partial charge in [0.05, 0.1) is 5.25 Å². The molecule has 0 aromatic rings. The van der Waals surface area contributed by atoms with E-state index in [1.807, 2.05) is 0 Å². The third kappa shape index (κ3) is 3.15. The van der Waals surface area contributed by atoms with E-state index in [0.29, 0.717) is 19.6 Å². The Balaban J connectivity index is 2.20. The highest BCUT2D eigenvalue weighted by Crippen LogP contribution is 2.27. The predicted octanol–water partition coefficient (Wildman–Crippen LogP) is 0.0109. The largest absolute Gasteiger partial charge is 0.347 e. The molecular weight excluding hydrogens is 278 g/mol. The molecule has 116 valence electrons. The number of carbonyl (C=O) groups is 1. The van der Waals surface area contributed by atoms with Crippen LogP contribution in [0.15, 0.2) is 0 Å². The van der Waals surface area contributed by atoms with Crippen LogP contribution in [0.3, 0.4) is 0 Å². The number of rotatable bonds is 3. The number of nitrogens with zero attached hydrogens (tertiary/aromatic N) is 2. The van der Waals surface area contributed by atoms with Crippen molar-refractivity contribution in [2.45, 2.75) is 43.4 Å². The van der Waals surface area contributed by atoms with E-state index in [9.17, 15) is 13.2 Å². The van der Waals surface area contributed by atoms with Crippen LogP contribution in [0.1, 0.15) is 32.1 Å². The number of piperazine rings is 1. The van der Waals surface area contributed by atoms with Gasteiger partial charge in [-0.3, -0.25) is 4.79 Å². The van der Waals surface area contributed by atoms with Gasteiger partial charge in [-0.05, 0) is 12.8 Å². The molecule has 1 aliphatic carbocycles. The number of carbonyl (C=O) groups excluding carboxylic acids is 1. The van der Waals surface area contributed by atoms with Gasteiger partial charge < -0.3 is 10.2 Å². The normalized spacial score (nSPS) is 26.4. The third-order valence-corrected chi connectivity index (χ3v) is 6.63. The molecule has 0 spiro atoms. The Hall–Kier alpha value is -0.660. The highest BCUT2D eigenvalue weighted by atomic mass is 32.2. The number of nitrogens with one attached hydrogen (secondary N) is 1. The Kier molecular flexibility index (Phi) is 5.04. The van der Waals surface area contributed by atoms with Crippen LogP contribution in [-0.4, -0.2) is 68.6 Å². The van der Waals surface area contributed by atoms with Crippen molar-refractivity contribution in [3.05, 3.63) is 0 Å². The topological polar surface area (TPSA) is 69.7 Å². The first-order valence-electron chi connectivity index (χ1n) is 7.37. The van der Waals surface area contributed by atoms with E-state index in [2.05, 4.69) is 5.32 Å². The molecule has 1 unspecified atom stereocenters. The summed E-state index contributed by atoms with van der Waals surface area (Å²) in [7, 11) is -0.0290. The molecule has 1 aliphatic heterocycles. The lowest BCUT2D eigenvalue weighted by Gasteiger charge is -2.38. The van der Waals surface area contributed by atoms with Crippen LogP contribution in [0.4, 0.5) is 0 Å². The van der Waals surface area contributed by atoms with E-state index in [-0.39, 0.29) is 11.2 Å². The van der Waals surface area contributed by atoms with Crippen LogP contribution in [0.2, 0.25) is 0 Å². The molecule has 0 aromatic carbocycles. The molecule has 0 bridgehead atoms. The van der Waals surface area contributed by atoms with E-state index in [4.69, 9.17) is 0 Å². The van der Waals surface area contributed by atoms with Crippen molar-refractivity contribution in [1.29, 1.82) is 0 Å². The van der Waals surface area contributed by atoms with E-state index in [0.717, 1.165) is 32.1 Å². The van der Waals surface area contributed by atoms with Gasteiger partial charge in [-0.2, -0.15) is 4.31 Å². The summed E-state index contributed by atoms with van der Waals surface area (Å²) in [5.74, 6) is -0.142. The molecule has 0 radical (unpaired) electrons. The summed E-state index contributed by atoms with van der Waals surface area (Å²) in [6, 6.07) is -0.592. The molecule has 6 nitrogen and oxygen atoms in total. The molecule has 20 heavy (non-hydrogen) atoms. The number of likely N-dealkylation sites (N-methyl/N-ethyl adjacent to an activating group) is 1. The molecule has 2 fully saturated rings. The lowest BCUT2D eigenvalue weighted by atomic mass is 10.0. The smallest absolute Gasteiger partial charge is 0.241 e. The van der Waals surface area contributed by atoms with Crippen molar-refractivity contribution < 1.29 is 13.2 Å². The Morgan fingerprint density at radius 1 is 1.20 bits per heavy atom. The fourth-order valence-corrected chi connectivity index (χ4v) is 5.23. The van der Waals surface area contributed by atoms with E-state index < -0.39 is 16.1 Å². The zero-order valence-corrected chi connectivity index (χ0v) is 13.2. The number of sulfonamides is 1. The molecule has 1 saturated carbocycles. The molecule has 1 amide bonds. The number of hydrogen-bond donors (Lipinski definition) is 1. The molecular formula is C13H25N3O3S. The highest BCUT2D eigenvalue weighted by Gasteiger charge is 2.41. The molecule has 2 rings (SSSR count). The number of hydrogen-bond acceptors (Lipinski definition) is 4. The summed E-state index contributed by atoms with van der Waals surface area (Å²) in [5.41, 5.74) is 0. The monoisotopic (exact) mass is 303 g/mol. The van der Waals surface area contributed by atoms with Crippen molar-refractivity contribution in [1.82, 2.24) is 14.5 Å². The van der Waals surface area contributed by atoms with E-state index in [1.165, 1.54) is 9.21 Å². The first-order valence-corrected chi connectivity index (χ1v) is 8.87. The van der Waals surface area contributed by atoms with Crippen molar-refractivity contribution in [3.63, 3.8) is 0 Å². The summed E-state index contributed by atoms with van der Waals surface area (Å²) in [4.78, 5) is 13.7. The SMILES string of the molecule is CN(C)C(=O)C1CNCCN1S(=O)(=O)C1CCCCC1. The Bertz CT molecular complexity index is 444. The molecule has 7 heteroatoms. The van der Waals surface area contributed by atoms with Crippen LogP contribution in [-0.2, 0) is 14.8 Å². The van der Waals surface area contributed by atoms with Crippen molar-refractivity contribution in [3.8, 4) is 0 Å². The van der Waals surface area contributed by atoms with Crippen molar-refractivity contribution >= 4 is 15.9 Å². The zero-order chi connectivity index (χ0) is 14.8. The van der Waals surface area contributed by atoms with Gasteiger partial charge in [0.15, 0.2) is 0 Å². The molecule has 1 N–H and O–H groups in total. The average molecular weight is 303 g/mol. The summed E-state index contributed by atoms with van der Waals surface area (Å²) in [6.45, 7) is 1.41. The molecule has 1 atom stereocenters. The zero-order valence-electron chi connectivity index (χ0n) is 12.3. The minimum absolute atomic E-state index is 0.142. The van der Waals surface area contributed by atoms with Gasteiger partial charge in [0.25, 0.3) is 0 Å². The summed E-state index contributed by atoms with van der Waals surface area (Å²) in [6.07, 6.45) is 4.53. The van der Waals surface area contributed by atoms with E-state index in [1.54, 1.807) is 14.1 Å². The fraction of sp³-hybridized carbons (Fsp3) is 0.923. The summed E-state index contributed by atoms with van der Waals surface area (Å²) >= 11 is 0. The van der Waals surface area contributed by atoms with Crippen LogP contribution in [0, 0.1) is 0 Å². The average Bonchev–Trinajstić information content (AvgIpc) is 2.47. The first-order chi connectivity index (χ1) is 9.44. The summed E-state index contributed by atoms with van der Waals surface area (Å²) in [5, 5.41) is 2.82. The Morgan fingerprint density at radius 2 is 1.85 bits per heavy atom. The van der Waals surface area contributed by atoms with Gasteiger partial charge in [0.2, 0.25) is 15.9 Å². The van der Waals surface area contributed by atoms with Crippen LogP contribution >= 0.6 is 0 Å². The Labute approximate surface area is 121 Å². The van der Waals surface area contributed by atoms with E-state index >= 15 is 0 Å². The summed E-state index contributed by atoms with van der Waals surface area (Å²) < 4.78 is 27.1. The predicted molar refractivity (Wildman–Crippen MR) is 77.9 cm³/mol. The standard InChI is InChI=1S/C13H25N3O3S/c1-15(2)13(17)12-10-14-8-9-16(12)20(18,19)11-6-4-3-5-7-11/h11-12,14H,3-10H2,1-2H3. The number of amides is 1. The van der Waals surface area contributed by atoms with Crippen LogP contribution < -0.4 is 5.32 Å². The highest BCUT2D eigenvalue weighted by molar-refractivity contribution is 7.89. The fourth-order valence-electron chi connectivity index (χ4n) is 3.05. The molecule has 1 heterocycles. The lowest BCUT2D eigenvalue weighted by Crippen LogP contribution is -2.60. The second kappa shape index (κ2) is 6.41. The molecule has 0 aromatic heterocycles. The van der Waals surface area contributed by atoms with Gasteiger partial charge in [0, 0.05) is 33.7 Å². The van der Waals surface area contributed by atoms with Crippen molar-refractivity contribution in [2.75, 3.05) is 33.7 Å². The van der Waals surface area contributed by atoms with Gasteiger partial charge in [-0.25, -0.2) is 8.42 Å². The maximum atomic E-state index is 12.8. The van der Waals surface area contributed by atoms with Gasteiger partial charge in [0.1, 0.15) is 6.04 Å². The van der Waals surface area contributed by atoms with Crippen LogP contribution in [0.5, 0.6) is 0 Å². The minimum atomic E-state index is -3.37. The maximum Gasteiger partial charge on any atom is 0.241 e. The minimum Gasteiger partial charge on any atom is -0.347 e. The van der Waals surface area contributed by atoms with Crippen LogP contribution in [0.25, 0.3) is 0 Å². The van der Waals surface area contributed by atoms with Gasteiger partial charge >= 0.3 is 0 Å². The Morgan fingerprint density at radius 3 is 2.45 bits per heavy atom. The lowest BCUT2D eigenvalue weighted by molar-refractivity contribution is -0.133. The molecule has 2 aliphatic rings. The van der Waals surface area contributed by atoms with Gasteiger partial charge in [-0.1, -0.05) is 19.3 Å². The quantitative estimate of drug-likeness (QED) is 0.797. The first kappa shape index (κ1) is 15.7. The van der Waals surface area contributed by atoms with Crippen molar-refractivity contribution in [2.24, 2.45) is 0 Å². The second-order valence-electron chi connectivity index (χ2n) is 5.87. The second-order valence-corrected chi connectivity index (χ2v) is 8.03. The third-order valence-electron chi connectivity index (χ3n) is 4.22.